The van der Waals surface area contributed by atoms with Gasteiger partial charge in [-0.25, -0.2) is 4.98 Å². The molecule has 1 saturated carbocycles. The van der Waals surface area contributed by atoms with E-state index in [2.05, 4.69) is 26.1 Å². The molecule has 0 aliphatic heterocycles. The number of carbonyl (C=O) groups excluding carboxylic acids is 1. The van der Waals surface area contributed by atoms with E-state index >= 15 is 0 Å². The fourth-order valence-electron chi connectivity index (χ4n) is 4.71. The van der Waals surface area contributed by atoms with Gasteiger partial charge in [-0.05, 0) is 63.1 Å². The van der Waals surface area contributed by atoms with Crippen LogP contribution in [-0.4, -0.2) is 45.8 Å². The van der Waals surface area contributed by atoms with Gasteiger partial charge in [-0.3, -0.25) is 4.79 Å². The van der Waals surface area contributed by atoms with Crippen LogP contribution in [-0.2, 0) is 6.54 Å². The van der Waals surface area contributed by atoms with Crippen molar-refractivity contribution in [2.24, 2.45) is 0 Å². The number of aromatic amines is 1. The van der Waals surface area contributed by atoms with E-state index in [9.17, 15) is 18.0 Å². The molecule has 0 bridgehead atoms. The second-order valence-electron chi connectivity index (χ2n) is 8.55. The number of ether oxygens (including phenoxy) is 1. The minimum absolute atomic E-state index is 0.0867. The van der Waals surface area contributed by atoms with Gasteiger partial charge in [0.1, 0.15) is 5.75 Å². The van der Waals surface area contributed by atoms with E-state index in [1.54, 1.807) is 12.1 Å². The van der Waals surface area contributed by atoms with Crippen LogP contribution in [0.3, 0.4) is 0 Å². The lowest BCUT2D eigenvalue weighted by molar-refractivity contribution is -0.274. The molecular formula is C24H29F3N4O2. The van der Waals surface area contributed by atoms with Gasteiger partial charge in [0.05, 0.1) is 10.7 Å². The first-order valence-electron chi connectivity index (χ1n) is 11.5. The molecule has 0 spiro atoms. The largest absolute Gasteiger partial charge is 0.573 e. The van der Waals surface area contributed by atoms with Gasteiger partial charge in [-0.2, -0.15) is 0 Å². The second-order valence-corrected chi connectivity index (χ2v) is 8.55. The highest BCUT2D eigenvalue weighted by Gasteiger charge is 2.32. The molecule has 0 saturated heterocycles. The highest BCUT2D eigenvalue weighted by Crippen LogP contribution is 2.26. The first-order valence-corrected chi connectivity index (χ1v) is 11.5. The van der Waals surface area contributed by atoms with Crippen molar-refractivity contribution in [3.8, 4) is 5.75 Å². The van der Waals surface area contributed by atoms with Crippen LogP contribution >= 0.6 is 0 Å². The molecule has 4 rings (SSSR count). The van der Waals surface area contributed by atoms with Crippen LogP contribution in [0.25, 0.3) is 12.2 Å². The number of imidazole rings is 1. The van der Waals surface area contributed by atoms with Crippen molar-refractivity contribution >= 4 is 18.1 Å². The lowest BCUT2D eigenvalue weighted by Gasteiger charge is -2.37. The van der Waals surface area contributed by atoms with Crippen LogP contribution < -0.4 is 20.8 Å². The Balaban J connectivity index is 1.38. The summed E-state index contributed by atoms with van der Waals surface area (Å²) in [6.45, 7) is 3.00. The summed E-state index contributed by atoms with van der Waals surface area (Å²) in [5.74, 6) is 0.0749. The number of fused-ring (bicyclic) bond motifs is 1. The van der Waals surface area contributed by atoms with Gasteiger partial charge in [0.15, 0.2) is 5.82 Å². The topological polar surface area (TPSA) is 70.2 Å². The molecule has 2 aliphatic rings. The average molecular weight is 463 g/mol. The standard InChI is InChI=1S/C24H29F3N4O2/c1-2-31(23(32)22-29-20-11-3-4-12-21(20)30-22)18-9-6-8-17(14-18)28-15-16-7-5-10-19(13-16)33-24(25,26)27/h5,7,10-13,17-18,28H,2-4,6,8-9,14-15H2,1H3,(H,29,30). The Kier molecular flexibility index (Phi) is 7.07. The molecule has 1 aromatic heterocycles. The van der Waals surface area contributed by atoms with E-state index in [0.717, 1.165) is 54.8 Å². The maximum Gasteiger partial charge on any atom is 0.573 e. The van der Waals surface area contributed by atoms with E-state index in [4.69, 9.17) is 0 Å². The Labute approximate surface area is 190 Å². The second kappa shape index (κ2) is 9.99. The SMILES string of the molecule is CCN(C(=O)c1nc2c([nH]1)=CCCC=2)C1CCCC(NCc2cccc(OC(F)(F)F)c2)C1. The number of aromatic nitrogens is 2. The molecule has 1 heterocycles. The van der Waals surface area contributed by atoms with E-state index in [1.165, 1.54) is 12.1 Å². The Bertz CT molecular complexity index is 1060. The van der Waals surface area contributed by atoms with Crippen molar-refractivity contribution in [3.63, 3.8) is 0 Å². The Morgan fingerprint density at radius 2 is 2.09 bits per heavy atom. The molecule has 6 nitrogen and oxygen atoms in total. The lowest BCUT2D eigenvalue weighted by Crippen LogP contribution is -2.47. The minimum Gasteiger partial charge on any atom is -0.406 e. The quantitative estimate of drug-likeness (QED) is 0.663. The summed E-state index contributed by atoms with van der Waals surface area (Å²) in [7, 11) is 0. The molecular weight excluding hydrogens is 433 g/mol. The Morgan fingerprint density at radius 3 is 2.85 bits per heavy atom. The zero-order chi connectivity index (χ0) is 23.4. The van der Waals surface area contributed by atoms with Gasteiger partial charge in [0.25, 0.3) is 5.91 Å². The van der Waals surface area contributed by atoms with Gasteiger partial charge in [-0.1, -0.05) is 24.3 Å². The summed E-state index contributed by atoms with van der Waals surface area (Å²) < 4.78 is 41.4. The van der Waals surface area contributed by atoms with Gasteiger partial charge in [0, 0.05) is 25.2 Å². The van der Waals surface area contributed by atoms with E-state index in [0.29, 0.717) is 18.9 Å². The number of benzene rings is 1. The number of amides is 1. The number of hydrogen-bond acceptors (Lipinski definition) is 4. The van der Waals surface area contributed by atoms with Gasteiger partial charge in [-0.15, -0.1) is 13.2 Å². The van der Waals surface area contributed by atoms with Crippen LogP contribution in [0.2, 0.25) is 0 Å². The van der Waals surface area contributed by atoms with Crippen LogP contribution in [0.15, 0.2) is 24.3 Å². The van der Waals surface area contributed by atoms with Gasteiger partial charge in [0.2, 0.25) is 0 Å². The molecule has 2 N–H and O–H groups in total. The van der Waals surface area contributed by atoms with Crippen LogP contribution in [0.5, 0.6) is 5.75 Å². The minimum atomic E-state index is -4.71. The molecule has 2 aromatic rings. The first kappa shape index (κ1) is 23.4. The highest BCUT2D eigenvalue weighted by molar-refractivity contribution is 5.90. The third-order valence-corrected chi connectivity index (χ3v) is 6.23. The summed E-state index contributed by atoms with van der Waals surface area (Å²) in [5.41, 5.74) is 0.718. The summed E-state index contributed by atoms with van der Waals surface area (Å²) in [6.07, 6.45) is 4.94. The van der Waals surface area contributed by atoms with Gasteiger partial charge >= 0.3 is 6.36 Å². The van der Waals surface area contributed by atoms with Crippen molar-refractivity contribution in [2.45, 2.75) is 70.4 Å². The Morgan fingerprint density at radius 1 is 1.27 bits per heavy atom. The monoisotopic (exact) mass is 462 g/mol. The average Bonchev–Trinajstić information content (AvgIpc) is 3.22. The Hall–Kier alpha value is -2.81. The number of halogens is 3. The molecule has 178 valence electrons. The van der Waals surface area contributed by atoms with Crippen LogP contribution in [0.1, 0.15) is 61.6 Å². The molecule has 2 unspecified atom stereocenters. The molecule has 1 amide bonds. The fourth-order valence-corrected chi connectivity index (χ4v) is 4.71. The summed E-state index contributed by atoms with van der Waals surface area (Å²) >= 11 is 0. The maximum atomic E-state index is 13.2. The van der Waals surface area contributed by atoms with Crippen LogP contribution in [0.4, 0.5) is 13.2 Å². The third kappa shape index (κ3) is 5.96. The highest BCUT2D eigenvalue weighted by atomic mass is 19.4. The van der Waals surface area contributed by atoms with Crippen molar-refractivity contribution in [1.82, 2.24) is 20.2 Å². The number of carbonyl (C=O) groups is 1. The maximum absolute atomic E-state index is 13.2. The summed E-state index contributed by atoms with van der Waals surface area (Å²) in [6, 6.07) is 6.27. The number of nitrogens with zero attached hydrogens (tertiary/aromatic N) is 2. The number of nitrogens with one attached hydrogen (secondary N) is 2. The molecule has 1 aromatic carbocycles. The predicted molar refractivity (Wildman–Crippen MR) is 119 cm³/mol. The van der Waals surface area contributed by atoms with Crippen molar-refractivity contribution in [3.05, 3.63) is 46.4 Å². The smallest absolute Gasteiger partial charge is 0.406 e. The third-order valence-electron chi connectivity index (χ3n) is 6.23. The number of H-pyrrole nitrogens is 1. The molecule has 2 aliphatic carbocycles. The zero-order valence-electron chi connectivity index (χ0n) is 18.6. The van der Waals surface area contributed by atoms with Gasteiger partial charge < -0.3 is 19.9 Å². The van der Waals surface area contributed by atoms with E-state index in [-0.39, 0.29) is 23.7 Å². The number of hydrogen-bond donors (Lipinski definition) is 2. The van der Waals surface area contributed by atoms with Crippen molar-refractivity contribution in [1.29, 1.82) is 0 Å². The number of alkyl halides is 3. The van der Waals surface area contributed by atoms with Crippen molar-refractivity contribution in [2.75, 3.05) is 6.54 Å². The lowest BCUT2D eigenvalue weighted by atomic mass is 9.89. The molecule has 33 heavy (non-hydrogen) atoms. The number of rotatable bonds is 7. The van der Waals surface area contributed by atoms with Crippen LogP contribution in [0, 0.1) is 0 Å². The molecule has 9 heteroatoms. The summed E-state index contributed by atoms with van der Waals surface area (Å²) in [5, 5.41) is 5.21. The fraction of sp³-hybridized carbons (Fsp3) is 0.500. The predicted octanol–water partition coefficient (Wildman–Crippen LogP) is 3.23. The normalized spacial score (nSPS) is 20.4. The van der Waals surface area contributed by atoms with E-state index in [1.807, 2.05) is 17.9 Å². The zero-order valence-corrected chi connectivity index (χ0v) is 18.6. The molecule has 0 radical (unpaired) electrons. The summed E-state index contributed by atoms with van der Waals surface area (Å²) in [4.78, 5) is 22.8. The first-order chi connectivity index (χ1) is 15.8. The molecule has 2 atom stereocenters. The van der Waals surface area contributed by atoms with Crippen molar-refractivity contribution < 1.29 is 22.7 Å². The van der Waals surface area contributed by atoms with E-state index < -0.39 is 6.36 Å². The molecule has 1 fully saturated rings.